The van der Waals surface area contributed by atoms with Crippen molar-refractivity contribution in [3.8, 4) is 0 Å². The van der Waals surface area contributed by atoms with Crippen molar-refractivity contribution in [2.24, 2.45) is 0 Å². The van der Waals surface area contributed by atoms with Gasteiger partial charge in [0.25, 0.3) is 5.69 Å². The molecule has 0 saturated heterocycles. The molecule has 0 aliphatic heterocycles. The lowest BCUT2D eigenvalue weighted by Gasteiger charge is -1.92. The summed E-state index contributed by atoms with van der Waals surface area (Å²) in [6, 6.07) is 4.35. The molecule has 0 aliphatic rings. The first-order chi connectivity index (χ1) is 8.01. The van der Waals surface area contributed by atoms with Crippen LogP contribution in [-0.2, 0) is 9.53 Å². The van der Waals surface area contributed by atoms with Gasteiger partial charge < -0.3 is 4.74 Å². The van der Waals surface area contributed by atoms with Crippen LogP contribution in [0.15, 0.2) is 24.3 Å². The van der Waals surface area contributed by atoms with E-state index in [9.17, 15) is 23.7 Å². The van der Waals surface area contributed by atoms with Crippen LogP contribution in [0.25, 0.3) is 0 Å². The highest BCUT2D eigenvalue weighted by Crippen LogP contribution is 2.09. The van der Waals surface area contributed by atoms with E-state index in [1.807, 2.05) is 0 Å². The Morgan fingerprint density at radius 3 is 2.24 bits per heavy atom. The van der Waals surface area contributed by atoms with Crippen molar-refractivity contribution >= 4 is 11.7 Å². The molecule has 0 saturated carbocycles. The van der Waals surface area contributed by atoms with Crippen LogP contribution < -0.4 is 0 Å². The molecule has 0 aliphatic carbocycles. The standard InChI is InChI=1S/C6H4FNO2.C4H7FO2/c7-5-1-3-6(4-2-5)8(9)10;1-2-7-4(6)3-5/h1-4H;2-3H2,1H3. The number of halogens is 2. The van der Waals surface area contributed by atoms with Crippen LogP contribution >= 0.6 is 0 Å². The fraction of sp³-hybridized carbons (Fsp3) is 0.300. The second-order valence-corrected chi connectivity index (χ2v) is 2.67. The van der Waals surface area contributed by atoms with E-state index in [2.05, 4.69) is 4.74 Å². The Hall–Kier alpha value is -2.05. The van der Waals surface area contributed by atoms with E-state index in [0.717, 1.165) is 24.3 Å². The third-order valence-electron chi connectivity index (χ3n) is 1.45. The van der Waals surface area contributed by atoms with Crippen molar-refractivity contribution in [3.63, 3.8) is 0 Å². The topological polar surface area (TPSA) is 69.4 Å². The number of benzene rings is 1. The molecule has 0 aromatic heterocycles. The van der Waals surface area contributed by atoms with Crippen LogP contribution in [0.1, 0.15) is 6.92 Å². The van der Waals surface area contributed by atoms with Gasteiger partial charge in [0.2, 0.25) is 0 Å². The lowest BCUT2D eigenvalue weighted by Crippen LogP contribution is -2.04. The molecule has 1 aromatic rings. The minimum absolute atomic E-state index is 0.0959. The lowest BCUT2D eigenvalue weighted by molar-refractivity contribution is -0.384. The maximum absolute atomic E-state index is 12.1. The van der Waals surface area contributed by atoms with Gasteiger partial charge in [0.05, 0.1) is 11.5 Å². The maximum Gasteiger partial charge on any atom is 0.337 e. The Labute approximate surface area is 96.2 Å². The molecule has 0 bridgehead atoms. The van der Waals surface area contributed by atoms with Gasteiger partial charge in [-0.25, -0.2) is 13.6 Å². The number of nitro groups is 1. The number of ether oxygens (including phenoxy) is 1. The van der Waals surface area contributed by atoms with Crippen molar-refractivity contribution in [1.82, 2.24) is 0 Å². The van der Waals surface area contributed by atoms with Gasteiger partial charge in [-0.1, -0.05) is 0 Å². The van der Waals surface area contributed by atoms with Crippen molar-refractivity contribution in [2.75, 3.05) is 13.3 Å². The normalized spacial score (nSPS) is 8.88. The monoisotopic (exact) mass is 247 g/mol. The number of hydrogen-bond donors (Lipinski definition) is 0. The Bertz CT molecular complexity index is 367. The summed E-state index contributed by atoms with van der Waals surface area (Å²) < 4.78 is 27.4. The van der Waals surface area contributed by atoms with Crippen LogP contribution in [0.4, 0.5) is 14.5 Å². The minimum atomic E-state index is -1.02. The first kappa shape index (κ1) is 14.9. The van der Waals surface area contributed by atoms with E-state index in [1.165, 1.54) is 0 Å². The second kappa shape index (κ2) is 8.14. The molecule has 5 nitrogen and oxygen atoms in total. The summed E-state index contributed by atoms with van der Waals surface area (Å²) >= 11 is 0. The van der Waals surface area contributed by atoms with Crippen molar-refractivity contribution in [3.05, 3.63) is 40.2 Å². The quantitative estimate of drug-likeness (QED) is 0.466. The van der Waals surface area contributed by atoms with Crippen LogP contribution in [-0.4, -0.2) is 24.2 Å². The average molecular weight is 247 g/mol. The summed E-state index contributed by atoms with van der Waals surface area (Å²) in [5.74, 6) is -1.26. The number of alkyl halides is 1. The van der Waals surface area contributed by atoms with E-state index in [4.69, 9.17) is 0 Å². The van der Waals surface area contributed by atoms with Gasteiger partial charge in [-0.15, -0.1) is 0 Å². The van der Waals surface area contributed by atoms with Crippen LogP contribution in [0.2, 0.25) is 0 Å². The SMILES string of the molecule is CCOC(=O)CF.O=[N+]([O-])c1ccc(F)cc1. The van der Waals surface area contributed by atoms with Gasteiger partial charge in [-0.05, 0) is 19.1 Å². The molecule has 0 spiro atoms. The third kappa shape index (κ3) is 6.93. The molecule has 0 radical (unpaired) electrons. The number of non-ortho nitro benzene ring substituents is 1. The molecule has 0 unspecified atom stereocenters. The average Bonchev–Trinajstić information content (AvgIpc) is 2.30. The van der Waals surface area contributed by atoms with E-state index in [1.54, 1.807) is 6.92 Å². The van der Waals surface area contributed by atoms with Crippen LogP contribution in [0.5, 0.6) is 0 Å². The fourth-order valence-electron chi connectivity index (χ4n) is 0.762. The molecule has 1 aromatic carbocycles. The van der Waals surface area contributed by atoms with Gasteiger partial charge in [0.15, 0.2) is 6.67 Å². The van der Waals surface area contributed by atoms with E-state index >= 15 is 0 Å². The van der Waals surface area contributed by atoms with E-state index in [-0.39, 0.29) is 12.3 Å². The molecule has 0 fully saturated rings. The fourth-order valence-corrected chi connectivity index (χ4v) is 0.762. The smallest absolute Gasteiger partial charge is 0.337 e. The molecule has 94 valence electrons. The Morgan fingerprint density at radius 2 is 1.94 bits per heavy atom. The predicted octanol–water partition coefficient (Wildman–Crippen LogP) is 2.25. The highest BCUT2D eigenvalue weighted by molar-refractivity contribution is 5.70. The summed E-state index contributed by atoms with van der Waals surface area (Å²) in [5, 5.41) is 10.00. The minimum Gasteiger partial charge on any atom is -0.464 e. The molecule has 17 heavy (non-hydrogen) atoms. The lowest BCUT2D eigenvalue weighted by atomic mass is 10.3. The number of rotatable bonds is 3. The third-order valence-corrected chi connectivity index (χ3v) is 1.45. The Morgan fingerprint density at radius 1 is 1.41 bits per heavy atom. The highest BCUT2D eigenvalue weighted by Gasteiger charge is 2.02. The number of esters is 1. The highest BCUT2D eigenvalue weighted by atomic mass is 19.1. The van der Waals surface area contributed by atoms with Crippen LogP contribution in [0, 0.1) is 15.9 Å². The van der Waals surface area contributed by atoms with Gasteiger partial charge in [-0.2, -0.15) is 0 Å². The molecule has 7 heteroatoms. The van der Waals surface area contributed by atoms with Crippen LogP contribution in [0.3, 0.4) is 0 Å². The number of carbonyl (C=O) groups is 1. The molecule has 1 rings (SSSR count). The molecular formula is C10H11F2NO4. The zero-order valence-corrected chi connectivity index (χ0v) is 9.06. The van der Waals surface area contributed by atoms with Crippen molar-refractivity contribution < 1.29 is 23.2 Å². The second-order valence-electron chi connectivity index (χ2n) is 2.67. The summed E-state index contributed by atoms with van der Waals surface area (Å²) in [6.45, 7) is 0.865. The summed E-state index contributed by atoms with van der Waals surface area (Å²) in [7, 11) is 0. The number of hydrogen-bond acceptors (Lipinski definition) is 4. The van der Waals surface area contributed by atoms with Crippen molar-refractivity contribution in [2.45, 2.75) is 6.92 Å². The zero-order chi connectivity index (χ0) is 13.3. The zero-order valence-electron chi connectivity index (χ0n) is 9.06. The summed E-state index contributed by atoms with van der Waals surface area (Å²) in [6.07, 6.45) is 0. The molecular weight excluding hydrogens is 236 g/mol. The number of nitro benzene ring substituents is 1. The maximum atomic E-state index is 12.1. The number of nitrogens with zero attached hydrogens (tertiary/aromatic N) is 1. The molecule has 0 N–H and O–H groups in total. The number of carbonyl (C=O) groups excluding carboxylic acids is 1. The first-order valence-corrected chi connectivity index (χ1v) is 4.62. The molecule has 0 amide bonds. The first-order valence-electron chi connectivity index (χ1n) is 4.62. The predicted molar refractivity (Wildman–Crippen MR) is 55.7 cm³/mol. The van der Waals surface area contributed by atoms with E-state index in [0.29, 0.717) is 0 Å². The van der Waals surface area contributed by atoms with Gasteiger partial charge in [0, 0.05) is 12.1 Å². The molecule has 0 heterocycles. The van der Waals surface area contributed by atoms with E-state index < -0.39 is 23.4 Å². The van der Waals surface area contributed by atoms with Gasteiger partial charge in [0.1, 0.15) is 5.82 Å². The van der Waals surface area contributed by atoms with Gasteiger partial charge in [-0.3, -0.25) is 10.1 Å². The van der Waals surface area contributed by atoms with Crippen molar-refractivity contribution in [1.29, 1.82) is 0 Å². The Balaban J connectivity index is 0.000000325. The molecule has 0 atom stereocenters. The summed E-state index contributed by atoms with van der Waals surface area (Å²) in [4.78, 5) is 19.2. The Kier molecular flexibility index (Phi) is 7.16. The summed E-state index contributed by atoms with van der Waals surface area (Å²) in [5.41, 5.74) is -0.0959. The van der Waals surface area contributed by atoms with Gasteiger partial charge >= 0.3 is 5.97 Å². The largest absolute Gasteiger partial charge is 0.464 e.